The van der Waals surface area contributed by atoms with Gasteiger partial charge in [0.1, 0.15) is 0 Å². The lowest BCUT2D eigenvalue weighted by molar-refractivity contribution is -0.128. The molecule has 1 saturated heterocycles. The molecule has 1 saturated carbocycles. The molecule has 110 valence electrons. The van der Waals surface area contributed by atoms with Crippen LogP contribution in [0.25, 0.3) is 0 Å². The molecule has 0 aromatic heterocycles. The van der Waals surface area contributed by atoms with E-state index in [-0.39, 0.29) is 0 Å². The minimum atomic E-state index is 0.327. The van der Waals surface area contributed by atoms with Crippen LogP contribution < -0.4 is 5.32 Å². The van der Waals surface area contributed by atoms with Crippen LogP contribution in [-0.2, 0) is 4.79 Å². The number of hydrogen-bond donors (Lipinski definition) is 1. The van der Waals surface area contributed by atoms with Crippen LogP contribution in [0.15, 0.2) is 0 Å². The van der Waals surface area contributed by atoms with E-state index in [1.54, 1.807) is 0 Å². The van der Waals surface area contributed by atoms with Gasteiger partial charge in [-0.25, -0.2) is 0 Å². The maximum atomic E-state index is 11.9. The Morgan fingerprint density at radius 1 is 1.11 bits per heavy atom. The predicted octanol–water partition coefficient (Wildman–Crippen LogP) is 2.95. The summed E-state index contributed by atoms with van der Waals surface area (Å²) in [5, 5.41) is 3.25. The lowest BCUT2D eigenvalue weighted by Crippen LogP contribution is -2.47. The van der Waals surface area contributed by atoms with Gasteiger partial charge in [-0.1, -0.05) is 32.6 Å². The van der Waals surface area contributed by atoms with Gasteiger partial charge in [-0.05, 0) is 38.6 Å². The minimum absolute atomic E-state index is 0.327. The molecule has 0 aromatic carbocycles. The monoisotopic (exact) mass is 266 g/mol. The fourth-order valence-corrected chi connectivity index (χ4v) is 3.05. The number of carbonyl (C=O) groups is 1. The van der Waals surface area contributed by atoms with E-state index in [0.29, 0.717) is 17.9 Å². The second-order valence-corrected chi connectivity index (χ2v) is 6.31. The van der Waals surface area contributed by atoms with Gasteiger partial charge in [-0.15, -0.1) is 0 Å². The number of unbranched alkanes of at least 4 members (excludes halogenated alkanes) is 3. The minimum Gasteiger partial charge on any atom is -0.353 e. The van der Waals surface area contributed by atoms with Crippen molar-refractivity contribution >= 4 is 5.91 Å². The van der Waals surface area contributed by atoms with Crippen molar-refractivity contribution in [1.29, 1.82) is 0 Å². The molecule has 0 unspecified atom stereocenters. The molecule has 2 fully saturated rings. The highest BCUT2D eigenvalue weighted by molar-refractivity contribution is 5.79. The SMILES string of the molecule is CCCCCCN1CCC(NC(=O)C2CCC2)CC1. The molecule has 3 nitrogen and oxygen atoms in total. The van der Waals surface area contributed by atoms with Gasteiger partial charge in [0.25, 0.3) is 0 Å². The van der Waals surface area contributed by atoms with Crippen molar-refractivity contribution in [3.05, 3.63) is 0 Å². The molecule has 0 bridgehead atoms. The van der Waals surface area contributed by atoms with Crippen molar-refractivity contribution in [2.45, 2.75) is 70.8 Å². The van der Waals surface area contributed by atoms with Gasteiger partial charge in [0.05, 0.1) is 0 Å². The summed E-state index contributed by atoms with van der Waals surface area (Å²) in [7, 11) is 0. The van der Waals surface area contributed by atoms with E-state index >= 15 is 0 Å². The summed E-state index contributed by atoms with van der Waals surface area (Å²) in [6.07, 6.45) is 11.2. The van der Waals surface area contributed by atoms with E-state index < -0.39 is 0 Å². The Labute approximate surface area is 118 Å². The lowest BCUT2D eigenvalue weighted by atomic mass is 9.84. The number of piperidine rings is 1. The molecule has 1 amide bonds. The zero-order valence-corrected chi connectivity index (χ0v) is 12.5. The highest BCUT2D eigenvalue weighted by Gasteiger charge is 2.28. The number of amides is 1. The van der Waals surface area contributed by atoms with Gasteiger partial charge in [0.15, 0.2) is 0 Å². The largest absolute Gasteiger partial charge is 0.353 e. The topological polar surface area (TPSA) is 32.3 Å². The Morgan fingerprint density at radius 2 is 1.84 bits per heavy atom. The van der Waals surface area contributed by atoms with Crippen LogP contribution in [0.1, 0.15) is 64.7 Å². The molecule has 0 aromatic rings. The van der Waals surface area contributed by atoms with E-state index in [4.69, 9.17) is 0 Å². The van der Waals surface area contributed by atoms with Crippen LogP contribution in [0, 0.1) is 5.92 Å². The Hall–Kier alpha value is -0.570. The molecule has 1 aliphatic carbocycles. The van der Waals surface area contributed by atoms with Crippen LogP contribution in [0.3, 0.4) is 0 Å². The highest BCUT2D eigenvalue weighted by Crippen LogP contribution is 2.26. The Morgan fingerprint density at radius 3 is 2.42 bits per heavy atom. The number of likely N-dealkylation sites (tertiary alicyclic amines) is 1. The van der Waals surface area contributed by atoms with Crippen molar-refractivity contribution in [1.82, 2.24) is 10.2 Å². The third-order valence-corrected chi connectivity index (χ3v) is 4.74. The molecule has 0 radical (unpaired) electrons. The number of carbonyl (C=O) groups excluding carboxylic acids is 1. The first-order valence-electron chi connectivity index (χ1n) is 8.32. The van der Waals surface area contributed by atoms with Gasteiger partial charge in [-0.3, -0.25) is 4.79 Å². The van der Waals surface area contributed by atoms with Gasteiger partial charge >= 0.3 is 0 Å². The quantitative estimate of drug-likeness (QED) is 0.719. The molecule has 2 aliphatic rings. The number of rotatable bonds is 7. The predicted molar refractivity (Wildman–Crippen MR) is 79.1 cm³/mol. The number of nitrogens with zero attached hydrogens (tertiary/aromatic N) is 1. The fourth-order valence-electron chi connectivity index (χ4n) is 3.05. The highest BCUT2D eigenvalue weighted by atomic mass is 16.2. The Balaban J connectivity index is 1.55. The van der Waals surface area contributed by atoms with Crippen molar-refractivity contribution in [3.63, 3.8) is 0 Å². The molecule has 1 aliphatic heterocycles. The van der Waals surface area contributed by atoms with Gasteiger partial charge in [-0.2, -0.15) is 0 Å². The van der Waals surface area contributed by atoms with E-state index in [9.17, 15) is 4.79 Å². The summed E-state index contributed by atoms with van der Waals surface area (Å²) >= 11 is 0. The first-order chi connectivity index (χ1) is 9.29. The zero-order chi connectivity index (χ0) is 13.5. The third kappa shape index (κ3) is 4.79. The average molecular weight is 266 g/mol. The van der Waals surface area contributed by atoms with Gasteiger partial charge < -0.3 is 10.2 Å². The van der Waals surface area contributed by atoms with Crippen LogP contribution in [0.4, 0.5) is 0 Å². The van der Waals surface area contributed by atoms with E-state index in [1.165, 1.54) is 51.7 Å². The standard InChI is InChI=1S/C16H30N2O/c1-2-3-4-5-11-18-12-9-15(10-13-18)17-16(19)14-7-6-8-14/h14-15H,2-13H2,1H3,(H,17,19). The molecular formula is C16H30N2O. The second kappa shape index (κ2) is 7.88. The smallest absolute Gasteiger partial charge is 0.223 e. The third-order valence-electron chi connectivity index (χ3n) is 4.74. The van der Waals surface area contributed by atoms with Crippen molar-refractivity contribution in [3.8, 4) is 0 Å². The average Bonchev–Trinajstić information content (AvgIpc) is 2.34. The number of hydrogen-bond acceptors (Lipinski definition) is 2. The maximum Gasteiger partial charge on any atom is 0.223 e. The summed E-state index contributed by atoms with van der Waals surface area (Å²) in [6.45, 7) is 5.85. The van der Waals surface area contributed by atoms with Crippen molar-refractivity contribution < 1.29 is 4.79 Å². The summed E-state index contributed by atoms with van der Waals surface area (Å²) < 4.78 is 0. The molecule has 1 N–H and O–H groups in total. The summed E-state index contributed by atoms with van der Waals surface area (Å²) in [5.41, 5.74) is 0. The Kier molecular flexibility index (Phi) is 6.15. The van der Waals surface area contributed by atoms with Crippen molar-refractivity contribution in [2.75, 3.05) is 19.6 Å². The van der Waals surface area contributed by atoms with Gasteiger partial charge in [0.2, 0.25) is 5.91 Å². The van der Waals surface area contributed by atoms with E-state index in [0.717, 1.165) is 25.7 Å². The molecule has 19 heavy (non-hydrogen) atoms. The van der Waals surface area contributed by atoms with Crippen LogP contribution in [-0.4, -0.2) is 36.5 Å². The molecular weight excluding hydrogens is 236 g/mol. The zero-order valence-electron chi connectivity index (χ0n) is 12.5. The lowest BCUT2D eigenvalue weighted by Gasteiger charge is -2.34. The molecule has 2 rings (SSSR count). The fraction of sp³-hybridized carbons (Fsp3) is 0.938. The Bertz CT molecular complexity index is 268. The van der Waals surface area contributed by atoms with E-state index in [2.05, 4.69) is 17.1 Å². The first-order valence-corrected chi connectivity index (χ1v) is 8.32. The van der Waals surface area contributed by atoms with Crippen molar-refractivity contribution in [2.24, 2.45) is 5.92 Å². The molecule has 0 spiro atoms. The maximum absolute atomic E-state index is 11.9. The van der Waals surface area contributed by atoms with Crippen LogP contribution in [0.5, 0.6) is 0 Å². The van der Waals surface area contributed by atoms with Gasteiger partial charge in [0, 0.05) is 25.0 Å². The summed E-state index contributed by atoms with van der Waals surface area (Å²) in [4.78, 5) is 14.5. The second-order valence-electron chi connectivity index (χ2n) is 6.31. The van der Waals surface area contributed by atoms with E-state index in [1.807, 2.05) is 0 Å². The molecule has 0 atom stereocenters. The molecule has 3 heteroatoms. The normalized spacial score (nSPS) is 22.2. The summed E-state index contributed by atoms with van der Waals surface area (Å²) in [5.74, 6) is 0.666. The summed E-state index contributed by atoms with van der Waals surface area (Å²) in [6, 6.07) is 0.444. The van der Waals surface area contributed by atoms with Crippen LogP contribution in [0.2, 0.25) is 0 Å². The van der Waals surface area contributed by atoms with Crippen LogP contribution >= 0.6 is 0 Å². The first kappa shape index (κ1) is 14.8. The number of nitrogens with one attached hydrogen (secondary N) is 1. The molecule has 1 heterocycles.